The molecule has 5 rings (SSSR count). The summed E-state index contributed by atoms with van der Waals surface area (Å²) in [4.78, 5) is 33.5. The molecule has 0 spiro atoms. The highest BCUT2D eigenvalue weighted by Gasteiger charge is 2.40. The first-order valence-electron chi connectivity index (χ1n) is 12.2. The molecule has 2 atom stereocenters. The molecule has 1 amide bonds. The smallest absolute Gasteiger partial charge is 0.407 e. The van der Waals surface area contributed by atoms with E-state index in [0.29, 0.717) is 48.5 Å². The number of hydrogen-bond donors (Lipinski definition) is 2. The molecule has 0 saturated carbocycles. The third kappa shape index (κ3) is 4.73. The molecular weight excluding hydrogens is 479 g/mol. The first kappa shape index (κ1) is 24.7. The standard InChI is InChI=1S/C26H29FN6O4/c1-14-22(24-28-20(31-37-24)11-15-5-7-17(27)8-6-15)23-29-21(34)13-18(33(23)30-14)16-9-10-32(25(35)36)19(12-16)26(2,3)4/h5-8,13,16,19H,9-12H2,1-4H3,(H,29,34)(H,35,36). The largest absolute Gasteiger partial charge is 0.465 e. The van der Waals surface area contributed by atoms with E-state index in [4.69, 9.17) is 9.62 Å². The van der Waals surface area contributed by atoms with Crippen molar-refractivity contribution < 1.29 is 18.8 Å². The summed E-state index contributed by atoms with van der Waals surface area (Å²) in [5, 5.41) is 18.5. The fraction of sp³-hybridized carbons (Fsp3) is 0.423. The zero-order chi connectivity index (χ0) is 26.5. The van der Waals surface area contributed by atoms with Gasteiger partial charge in [-0.2, -0.15) is 10.1 Å². The van der Waals surface area contributed by atoms with Crippen LogP contribution in [0.15, 0.2) is 39.6 Å². The Labute approximate surface area is 212 Å². The molecule has 4 aromatic rings. The molecule has 1 saturated heterocycles. The van der Waals surface area contributed by atoms with E-state index in [1.165, 1.54) is 23.1 Å². The molecule has 11 heteroatoms. The molecule has 2 unspecified atom stereocenters. The highest BCUT2D eigenvalue weighted by molar-refractivity contribution is 5.74. The molecule has 10 nitrogen and oxygen atoms in total. The van der Waals surface area contributed by atoms with Crippen LogP contribution in [0.4, 0.5) is 9.18 Å². The van der Waals surface area contributed by atoms with Gasteiger partial charge in [-0.3, -0.25) is 4.79 Å². The first-order chi connectivity index (χ1) is 17.5. The SMILES string of the molecule is Cc1nn2c(C3CCN(C(=O)O)C(C(C)(C)C)C3)cc(=O)[nH]c2c1-c1nc(Cc2ccc(F)cc2)no1. The van der Waals surface area contributed by atoms with Crippen LogP contribution in [0.2, 0.25) is 0 Å². The maximum absolute atomic E-state index is 13.2. The number of amides is 1. The van der Waals surface area contributed by atoms with Crippen LogP contribution >= 0.6 is 0 Å². The van der Waals surface area contributed by atoms with E-state index in [-0.39, 0.29) is 34.6 Å². The lowest BCUT2D eigenvalue weighted by Gasteiger charge is -2.44. The van der Waals surface area contributed by atoms with Crippen LogP contribution in [0.1, 0.15) is 62.3 Å². The molecule has 4 heterocycles. The summed E-state index contributed by atoms with van der Waals surface area (Å²) >= 11 is 0. The van der Waals surface area contributed by atoms with Crippen molar-refractivity contribution in [1.29, 1.82) is 0 Å². The van der Waals surface area contributed by atoms with Gasteiger partial charge in [0.1, 0.15) is 17.0 Å². The lowest BCUT2D eigenvalue weighted by Crippen LogP contribution is -2.51. The Hall–Kier alpha value is -4.02. The average molecular weight is 509 g/mol. The van der Waals surface area contributed by atoms with E-state index in [9.17, 15) is 19.1 Å². The summed E-state index contributed by atoms with van der Waals surface area (Å²) in [7, 11) is 0. The summed E-state index contributed by atoms with van der Waals surface area (Å²) < 4.78 is 20.5. The second-order valence-corrected chi connectivity index (χ2v) is 10.7. The monoisotopic (exact) mass is 508 g/mol. The number of halogens is 1. The van der Waals surface area contributed by atoms with E-state index in [2.05, 4.69) is 15.1 Å². The minimum atomic E-state index is -0.931. The zero-order valence-electron chi connectivity index (χ0n) is 21.2. The number of fused-ring (bicyclic) bond motifs is 1. The molecule has 37 heavy (non-hydrogen) atoms. The Balaban J connectivity index is 1.51. The van der Waals surface area contributed by atoms with Crippen molar-refractivity contribution in [2.24, 2.45) is 5.41 Å². The Kier molecular flexibility index (Phi) is 6.09. The van der Waals surface area contributed by atoms with Crippen LogP contribution in [0.25, 0.3) is 17.1 Å². The lowest BCUT2D eigenvalue weighted by atomic mass is 9.76. The van der Waals surface area contributed by atoms with Gasteiger partial charge >= 0.3 is 6.09 Å². The molecule has 194 valence electrons. The minimum Gasteiger partial charge on any atom is -0.465 e. The van der Waals surface area contributed by atoms with Gasteiger partial charge in [0.25, 0.3) is 11.4 Å². The molecule has 1 aliphatic heterocycles. The van der Waals surface area contributed by atoms with Crippen molar-refractivity contribution in [1.82, 2.24) is 29.6 Å². The molecule has 2 N–H and O–H groups in total. The van der Waals surface area contributed by atoms with E-state index in [1.807, 2.05) is 20.8 Å². The van der Waals surface area contributed by atoms with Gasteiger partial charge in [0.05, 0.1) is 11.4 Å². The highest BCUT2D eigenvalue weighted by atomic mass is 19.1. The number of H-pyrrole nitrogens is 1. The molecule has 1 aliphatic rings. The number of aromatic nitrogens is 5. The van der Waals surface area contributed by atoms with Gasteiger partial charge < -0.3 is 19.5 Å². The first-order valence-corrected chi connectivity index (χ1v) is 12.2. The number of aromatic amines is 1. The van der Waals surface area contributed by atoms with E-state index in [1.54, 1.807) is 23.6 Å². The topological polar surface area (TPSA) is 130 Å². The molecule has 3 aromatic heterocycles. The van der Waals surface area contributed by atoms with Crippen LogP contribution < -0.4 is 5.56 Å². The Morgan fingerprint density at radius 2 is 2.00 bits per heavy atom. The van der Waals surface area contributed by atoms with Crippen LogP contribution in [-0.2, 0) is 6.42 Å². The fourth-order valence-electron chi connectivity index (χ4n) is 5.22. The van der Waals surface area contributed by atoms with Crippen molar-refractivity contribution in [3.63, 3.8) is 0 Å². The van der Waals surface area contributed by atoms with Gasteiger partial charge in [-0.25, -0.2) is 13.7 Å². The number of rotatable bonds is 4. The Morgan fingerprint density at radius 3 is 2.68 bits per heavy atom. The predicted octanol–water partition coefficient (Wildman–Crippen LogP) is 4.38. The quantitative estimate of drug-likeness (QED) is 0.418. The van der Waals surface area contributed by atoms with Crippen molar-refractivity contribution in [2.75, 3.05) is 6.54 Å². The number of carbonyl (C=O) groups is 1. The predicted molar refractivity (Wildman–Crippen MR) is 133 cm³/mol. The van der Waals surface area contributed by atoms with Crippen molar-refractivity contribution in [2.45, 2.75) is 58.9 Å². The highest BCUT2D eigenvalue weighted by Crippen LogP contribution is 2.39. The second-order valence-electron chi connectivity index (χ2n) is 10.7. The van der Waals surface area contributed by atoms with Gasteiger partial charge in [0.2, 0.25) is 0 Å². The molecule has 1 fully saturated rings. The summed E-state index contributed by atoms with van der Waals surface area (Å²) in [6.45, 7) is 8.26. The summed E-state index contributed by atoms with van der Waals surface area (Å²) in [5.41, 5.74) is 2.59. The normalized spacial score (nSPS) is 18.5. The number of piperidine rings is 1. The van der Waals surface area contributed by atoms with Crippen LogP contribution in [0, 0.1) is 18.2 Å². The molecule has 0 aliphatic carbocycles. The van der Waals surface area contributed by atoms with E-state index < -0.39 is 6.09 Å². The summed E-state index contributed by atoms with van der Waals surface area (Å²) in [6, 6.07) is 7.41. The maximum Gasteiger partial charge on any atom is 0.407 e. The maximum atomic E-state index is 13.2. The third-order valence-corrected chi connectivity index (χ3v) is 7.05. The lowest BCUT2D eigenvalue weighted by molar-refractivity contribution is 0.0518. The van der Waals surface area contributed by atoms with Crippen LogP contribution in [0.5, 0.6) is 0 Å². The summed E-state index contributed by atoms with van der Waals surface area (Å²) in [5.74, 6) is 0.272. The molecular formula is C26H29FN6O4. The number of carboxylic acid groups (broad SMARTS) is 1. The molecule has 0 bridgehead atoms. The van der Waals surface area contributed by atoms with Gasteiger partial charge in [-0.1, -0.05) is 38.1 Å². The van der Waals surface area contributed by atoms with Crippen molar-refractivity contribution in [3.8, 4) is 11.5 Å². The van der Waals surface area contributed by atoms with Crippen molar-refractivity contribution >= 4 is 11.7 Å². The van der Waals surface area contributed by atoms with Gasteiger partial charge in [-0.15, -0.1) is 0 Å². The van der Waals surface area contributed by atoms with Gasteiger partial charge in [-0.05, 0) is 42.9 Å². The van der Waals surface area contributed by atoms with Gasteiger partial charge in [0, 0.05) is 31.0 Å². The van der Waals surface area contributed by atoms with Gasteiger partial charge in [0.15, 0.2) is 5.82 Å². The average Bonchev–Trinajstić information content (AvgIpc) is 3.42. The zero-order valence-corrected chi connectivity index (χ0v) is 21.2. The number of hydrogen-bond acceptors (Lipinski definition) is 6. The third-order valence-electron chi connectivity index (χ3n) is 7.05. The number of nitrogens with one attached hydrogen (secondary N) is 1. The van der Waals surface area contributed by atoms with Crippen LogP contribution in [-0.4, -0.2) is 53.4 Å². The minimum absolute atomic E-state index is 0.0616. The molecule has 1 aromatic carbocycles. The second kappa shape index (κ2) is 9.13. The number of aryl methyl sites for hydroxylation is 1. The van der Waals surface area contributed by atoms with E-state index >= 15 is 0 Å². The Morgan fingerprint density at radius 1 is 1.27 bits per heavy atom. The van der Waals surface area contributed by atoms with Crippen LogP contribution in [0.3, 0.4) is 0 Å². The van der Waals surface area contributed by atoms with E-state index in [0.717, 1.165) is 11.3 Å². The Bertz CT molecular complexity index is 1510. The number of benzene rings is 1. The fourth-order valence-corrected chi connectivity index (χ4v) is 5.22. The number of likely N-dealkylation sites (tertiary alicyclic amines) is 1. The van der Waals surface area contributed by atoms with Crippen molar-refractivity contribution in [3.05, 3.63) is 69.3 Å². The number of nitrogens with zero attached hydrogens (tertiary/aromatic N) is 5. The summed E-state index contributed by atoms with van der Waals surface area (Å²) in [6.07, 6.45) is 0.582. The molecule has 0 radical (unpaired) electrons.